The zero-order valence-corrected chi connectivity index (χ0v) is 12.3. The van der Waals surface area contributed by atoms with Crippen molar-refractivity contribution in [2.24, 2.45) is 0 Å². The molecule has 0 atom stereocenters. The maximum atomic E-state index is 13.9. The second-order valence-electron chi connectivity index (χ2n) is 4.92. The quantitative estimate of drug-likeness (QED) is 0.345. The van der Waals surface area contributed by atoms with Crippen LogP contribution in [0.15, 0.2) is 6.07 Å². The van der Waals surface area contributed by atoms with Crippen LogP contribution >= 0.6 is 0 Å². The number of alkyl halides is 8. The van der Waals surface area contributed by atoms with E-state index in [2.05, 4.69) is 0 Å². The summed E-state index contributed by atoms with van der Waals surface area (Å²) in [4.78, 5) is -1.05. The van der Waals surface area contributed by atoms with Crippen LogP contribution in [0.25, 0.3) is 0 Å². The molecular formula is C13H10F11N. The summed E-state index contributed by atoms with van der Waals surface area (Å²) in [6.07, 6.45) is -12.5. The lowest BCUT2D eigenvalue weighted by molar-refractivity contribution is -0.281. The number of unbranched alkanes of at least 4 members (excludes halogenated alkanes) is 1. The average Bonchev–Trinajstić information content (AvgIpc) is 2.41. The van der Waals surface area contributed by atoms with Crippen molar-refractivity contribution in [3.8, 4) is 0 Å². The highest BCUT2D eigenvalue weighted by atomic mass is 19.4. The number of rotatable bonds is 5. The number of nitrogens with zero attached hydrogens (tertiary/aromatic N) is 1. The second-order valence-corrected chi connectivity index (χ2v) is 4.92. The van der Waals surface area contributed by atoms with Crippen LogP contribution in [0.5, 0.6) is 0 Å². The Morgan fingerprint density at radius 1 is 0.880 bits per heavy atom. The average molecular weight is 389 g/mol. The smallest absolute Gasteiger partial charge is 0.303 e. The molecule has 25 heavy (non-hydrogen) atoms. The van der Waals surface area contributed by atoms with E-state index >= 15 is 0 Å². The highest BCUT2D eigenvalue weighted by molar-refractivity contribution is 5.53. The highest BCUT2D eigenvalue weighted by Gasteiger charge is 2.62. The Hall–Kier alpha value is -1.75. The molecule has 0 saturated carbocycles. The van der Waals surface area contributed by atoms with Crippen molar-refractivity contribution in [3.05, 3.63) is 29.1 Å². The third-order valence-electron chi connectivity index (χ3n) is 3.13. The van der Waals surface area contributed by atoms with Crippen LogP contribution in [0.1, 0.15) is 25.3 Å². The summed E-state index contributed by atoms with van der Waals surface area (Å²) in [6, 6.07) is -6.27. The first-order chi connectivity index (χ1) is 11.2. The Kier molecular flexibility index (Phi) is 5.85. The molecule has 1 aromatic carbocycles. The van der Waals surface area contributed by atoms with Crippen LogP contribution < -0.4 is 4.90 Å². The van der Waals surface area contributed by atoms with E-state index in [9.17, 15) is 48.3 Å². The van der Waals surface area contributed by atoms with Crippen molar-refractivity contribution in [1.29, 1.82) is 0 Å². The van der Waals surface area contributed by atoms with E-state index in [1.165, 1.54) is 6.92 Å². The molecule has 0 aliphatic heterocycles. The van der Waals surface area contributed by atoms with E-state index in [0.717, 1.165) is 0 Å². The first-order valence-electron chi connectivity index (χ1n) is 6.63. The minimum atomic E-state index is -6.30. The maximum Gasteiger partial charge on any atom is 0.475 e. The van der Waals surface area contributed by atoms with E-state index in [4.69, 9.17) is 0 Å². The Labute approximate surface area is 134 Å². The van der Waals surface area contributed by atoms with Crippen LogP contribution in [0.2, 0.25) is 0 Å². The largest absolute Gasteiger partial charge is 0.475 e. The van der Waals surface area contributed by atoms with Gasteiger partial charge in [0.15, 0.2) is 17.5 Å². The van der Waals surface area contributed by atoms with Gasteiger partial charge in [-0.15, -0.1) is 0 Å². The van der Waals surface area contributed by atoms with Crippen molar-refractivity contribution in [3.63, 3.8) is 0 Å². The molecule has 1 rings (SSSR count). The first kappa shape index (κ1) is 21.3. The number of benzene rings is 1. The Morgan fingerprint density at radius 2 is 1.40 bits per heavy atom. The second kappa shape index (κ2) is 6.87. The molecule has 0 radical (unpaired) electrons. The third-order valence-corrected chi connectivity index (χ3v) is 3.13. The summed E-state index contributed by atoms with van der Waals surface area (Å²) >= 11 is 0. The molecule has 0 saturated heterocycles. The Morgan fingerprint density at radius 3 is 1.80 bits per heavy atom. The zero-order chi connectivity index (χ0) is 19.8. The normalized spacial score (nSPS) is 13.3. The predicted molar refractivity (Wildman–Crippen MR) is 64.6 cm³/mol. The molecule has 1 aromatic rings. The van der Waals surface area contributed by atoms with Gasteiger partial charge in [0.1, 0.15) is 5.56 Å². The lowest BCUT2D eigenvalue weighted by atomic mass is 10.1. The molecule has 0 heterocycles. The molecule has 1 nitrogen and oxygen atoms in total. The fraction of sp³-hybridized carbons (Fsp3) is 0.538. The molecule has 0 aromatic heterocycles. The van der Waals surface area contributed by atoms with Crippen LogP contribution in [-0.2, 0) is 6.18 Å². The summed E-state index contributed by atoms with van der Waals surface area (Å²) in [6.45, 7) is 0.106. The lowest BCUT2D eigenvalue weighted by Crippen LogP contribution is -2.53. The molecule has 0 spiro atoms. The molecule has 0 N–H and O–H groups in total. The summed E-state index contributed by atoms with van der Waals surface area (Å²) in [5.74, 6) is -7.91. The molecular weight excluding hydrogens is 379 g/mol. The van der Waals surface area contributed by atoms with Gasteiger partial charge in [0.05, 0.1) is 5.69 Å². The monoisotopic (exact) mass is 389 g/mol. The highest BCUT2D eigenvalue weighted by Crippen LogP contribution is 2.45. The molecule has 0 fully saturated rings. The molecule has 0 aliphatic rings. The molecule has 144 valence electrons. The fourth-order valence-electron chi connectivity index (χ4n) is 1.92. The van der Waals surface area contributed by atoms with Gasteiger partial charge in [-0.05, 0) is 6.42 Å². The summed E-state index contributed by atoms with van der Waals surface area (Å²) in [7, 11) is 0. The number of hydrogen-bond acceptors (Lipinski definition) is 1. The van der Waals surface area contributed by atoms with Crippen molar-refractivity contribution >= 4 is 5.69 Å². The third kappa shape index (κ3) is 4.09. The maximum absolute atomic E-state index is 13.9. The van der Waals surface area contributed by atoms with Gasteiger partial charge in [0, 0.05) is 12.6 Å². The van der Waals surface area contributed by atoms with Gasteiger partial charge in [0.2, 0.25) is 0 Å². The topological polar surface area (TPSA) is 3.24 Å². The predicted octanol–water partition coefficient (Wildman–Crippen LogP) is 5.88. The first-order valence-corrected chi connectivity index (χ1v) is 6.63. The molecule has 12 heteroatoms. The van der Waals surface area contributed by atoms with E-state index in [-0.39, 0.29) is 6.42 Å². The summed E-state index contributed by atoms with van der Waals surface area (Å²) < 4.78 is 143. The molecule has 0 unspecified atom stereocenters. The molecule has 0 bridgehead atoms. The van der Waals surface area contributed by atoms with Gasteiger partial charge in [0.25, 0.3) is 0 Å². The van der Waals surface area contributed by atoms with E-state index in [1.807, 2.05) is 0 Å². The van der Waals surface area contributed by atoms with Crippen LogP contribution in [0.4, 0.5) is 54.0 Å². The van der Waals surface area contributed by atoms with Crippen molar-refractivity contribution in [2.45, 2.75) is 38.2 Å². The lowest BCUT2D eigenvalue weighted by Gasteiger charge is -2.34. The van der Waals surface area contributed by atoms with Crippen molar-refractivity contribution in [1.82, 2.24) is 0 Å². The van der Waals surface area contributed by atoms with Gasteiger partial charge in [-0.25, -0.2) is 13.2 Å². The van der Waals surface area contributed by atoms with Gasteiger partial charge in [-0.3, -0.25) is 0 Å². The number of hydrogen-bond donors (Lipinski definition) is 0. The fourth-order valence-corrected chi connectivity index (χ4v) is 1.92. The van der Waals surface area contributed by atoms with Gasteiger partial charge >= 0.3 is 18.4 Å². The minimum absolute atomic E-state index is 0.0157. The SMILES string of the molecule is CCCCN(c1cc(F)c(F)c(C(F)(F)F)c1F)C(F)(F)C(F)(F)F. The summed E-state index contributed by atoms with van der Waals surface area (Å²) in [5.41, 5.74) is -4.93. The van der Waals surface area contributed by atoms with Gasteiger partial charge in [-0.1, -0.05) is 13.3 Å². The van der Waals surface area contributed by atoms with Gasteiger partial charge < -0.3 is 4.90 Å². The Balaban J connectivity index is 3.69. The summed E-state index contributed by atoms with van der Waals surface area (Å²) in [5, 5.41) is 0. The number of anilines is 1. The van der Waals surface area contributed by atoms with Crippen molar-refractivity contribution in [2.75, 3.05) is 11.4 Å². The zero-order valence-electron chi connectivity index (χ0n) is 12.3. The van der Waals surface area contributed by atoms with Crippen LogP contribution in [0.3, 0.4) is 0 Å². The molecule has 0 aliphatic carbocycles. The van der Waals surface area contributed by atoms with E-state index < -0.39 is 71.0 Å². The van der Waals surface area contributed by atoms with Crippen molar-refractivity contribution < 1.29 is 48.3 Å². The standard InChI is InChI=1S/C13H10F11N/c1-2-3-4-25(13(23,24)12(20,21)22)7-5-6(14)9(15)8(10(7)16)11(17,18)19/h5H,2-4H2,1H3. The Bertz CT molecular complexity index is 618. The molecule has 0 amide bonds. The van der Waals surface area contributed by atoms with Gasteiger partial charge in [-0.2, -0.15) is 35.1 Å². The minimum Gasteiger partial charge on any atom is -0.303 e. The van der Waals surface area contributed by atoms with E-state index in [0.29, 0.717) is 0 Å². The van der Waals surface area contributed by atoms with Crippen LogP contribution in [0, 0.1) is 17.5 Å². The number of halogens is 11. The van der Waals surface area contributed by atoms with E-state index in [1.54, 1.807) is 0 Å². The van der Waals surface area contributed by atoms with Crippen LogP contribution in [-0.4, -0.2) is 18.8 Å².